The molecule has 1 rings (SSSR count). The monoisotopic (exact) mass is 278 g/mol. The van der Waals surface area contributed by atoms with Gasteiger partial charge in [0.1, 0.15) is 11.8 Å². The third-order valence-corrected chi connectivity index (χ3v) is 3.54. The molecule has 112 valence electrons. The maximum Gasteiger partial charge on any atom is 0.268 e. The third-order valence-electron chi connectivity index (χ3n) is 3.54. The molecule has 1 aliphatic heterocycles. The number of ether oxygens (including phenoxy) is 1. The summed E-state index contributed by atoms with van der Waals surface area (Å²) in [5.74, 6) is 0.312. The minimum absolute atomic E-state index is 0.144. The molecular formula is C16H26N2O2. The zero-order chi connectivity index (χ0) is 15.7. The van der Waals surface area contributed by atoms with Crippen LogP contribution in [0.1, 0.15) is 48.0 Å². The summed E-state index contributed by atoms with van der Waals surface area (Å²) >= 11 is 0. The first-order chi connectivity index (χ1) is 9.03. The molecule has 1 amide bonds. The molecule has 1 unspecified atom stereocenters. The second-order valence-corrected chi connectivity index (χ2v) is 7.63. The summed E-state index contributed by atoms with van der Waals surface area (Å²) in [4.78, 5) is 14.2. The Kier molecular flexibility index (Phi) is 4.53. The van der Waals surface area contributed by atoms with Gasteiger partial charge in [0.2, 0.25) is 0 Å². The van der Waals surface area contributed by atoms with Crippen molar-refractivity contribution in [2.75, 3.05) is 13.7 Å². The summed E-state index contributed by atoms with van der Waals surface area (Å²) in [6.07, 6.45) is 0.890. The van der Waals surface area contributed by atoms with Crippen LogP contribution in [0.4, 0.5) is 0 Å². The van der Waals surface area contributed by atoms with Crippen molar-refractivity contribution in [3.8, 4) is 6.07 Å². The van der Waals surface area contributed by atoms with E-state index in [0.29, 0.717) is 12.3 Å². The molecule has 20 heavy (non-hydrogen) atoms. The fourth-order valence-electron chi connectivity index (χ4n) is 2.51. The van der Waals surface area contributed by atoms with E-state index >= 15 is 0 Å². The van der Waals surface area contributed by atoms with E-state index in [9.17, 15) is 10.1 Å². The van der Waals surface area contributed by atoms with E-state index in [-0.39, 0.29) is 28.4 Å². The lowest BCUT2D eigenvalue weighted by atomic mass is 9.84. The Morgan fingerprint density at radius 3 is 2.15 bits per heavy atom. The second kappa shape index (κ2) is 5.47. The average molecular weight is 278 g/mol. The van der Waals surface area contributed by atoms with Gasteiger partial charge in [0.25, 0.3) is 5.91 Å². The fourth-order valence-corrected chi connectivity index (χ4v) is 2.51. The van der Waals surface area contributed by atoms with Gasteiger partial charge in [-0.15, -0.1) is 0 Å². The van der Waals surface area contributed by atoms with Crippen molar-refractivity contribution in [3.05, 3.63) is 11.3 Å². The number of nitrogens with zero attached hydrogens (tertiary/aromatic N) is 2. The van der Waals surface area contributed by atoms with Crippen molar-refractivity contribution >= 4 is 5.91 Å². The summed E-state index contributed by atoms with van der Waals surface area (Å²) < 4.78 is 5.38. The molecule has 0 saturated carbocycles. The van der Waals surface area contributed by atoms with Crippen LogP contribution in [0, 0.1) is 22.2 Å². The Balaban J connectivity index is 3.13. The van der Waals surface area contributed by atoms with Gasteiger partial charge in [-0.1, -0.05) is 41.5 Å². The molecule has 0 aromatic carbocycles. The zero-order valence-corrected chi connectivity index (χ0v) is 13.7. The highest BCUT2D eigenvalue weighted by atomic mass is 16.5. The highest BCUT2D eigenvalue weighted by Gasteiger charge is 2.46. The molecular weight excluding hydrogens is 252 g/mol. The van der Waals surface area contributed by atoms with Crippen LogP contribution >= 0.6 is 0 Å². The van der Waals surface area contributed by atoms with E-state index in [0.717, 1.165) is 6.42 Å². The first-order valence-corrected chi connectivity index (χ1v) is 7.02. The molecule has 0 bridgehead atoms. The molecule has 0 fully saturated rings. The van der Waals surface area contributed by atoms with Crippen molar-refractivity contribution < 1.29 is 9.53 Å². The number of methoxy groups -OCH3 is 1. The lowest BCUT2D eigenvalue weighted by Crippen LogP contribution is -2.45. The average Bonchev–Trinajstić information content (AvgIpc) is 2.57. The Bertz CT molecular complexity index is 458. The van der Waals surface area contributed by atoms with Crippen molar-refractivity contribution in [3.63, 3.8) is 0 Å². The van der Waals surface area contributed by atoms with Gasteiger partial charge in [-0.05, 0) is 17.3 Å². The topological polar surface area (TPSA) is 53.3 Å². The summed E-state index contributed by atoms with van der Waals surface area (Å²) in [6.45, 7) is 13.3. The lowest BCUT2D eigenvalue weighted by molar-refractivity contribution is -0.128. The van der Waals surface area contributed by atoms with Gasteiger partial charge < -0.3 is 9.64 Å². The Labute approximate surface area is 122 Å². The maximum atomic E-state index is 12.4. The Hall–Kier alpha value is -1.50. The summed E-state index contributed by atoms with van der Waals surface area (Å²) in [6, 6.07) is 1.84. The molecule has 0 radical (unpaired) electrons. The highest BCUT2D eigenvalue weighted by molar-refractivity contribution is 6.01. The van der Waals surface area contributed by atoms with E-state index in [2.05, 4.69) is 41.5 Å². The van der Waals surface area contributed by atoms with Crippen LogP contribution in [-0.4, -0.2) is 30.5 Å². The van der Waals surface area contributed by atoms with Crippen molar-refractivity contribution in [2.45, 2.75) is 54.0 Å². The summed E-state index contributed by atoms with van der Waals surface area (Å²) in [5.41, 5.74) is 0.129. The van der Waals surface area contributed by atoms with E-state index in [1.165, 1.54) is 7.11 Å². The molecule has 0 aromatic heterocycles. The molecule has 1 aliphatic rings. The predicted octanol–water partition coefficient (Wildman–Crippen LogP) is 3.10. The Morgan fingerprint density at radius 2 is 1.80 bits per heavy atom. The molecule has 0 N–H and O–H groups in total. The summed E-state index contributed by atoms with van der Waals surface area (Å²) in [5, 5.41) is 9.23. The van der Waals surface area contributed by atoms with Crippen LogP contribution in [0.15, 0.2) is 11.3 Å². The molecule has 0 aromatic rings. The first-order valence-electron chi connectivity index (χ1n) is 7.02. The van der Waals surface area contributed by atoms with E-state index in [1.54, 1.807) is 4.90 Å². The zero-order valence-electron chi connectivity index (χ0n) is 13.7. The predicted molar refractivity (Wildman–Crippen MR) is 78.7 cm³/mol. The minimum atomic E-state index is -0.200. The van der Waals surface area contributed by atoms with Gasteiger partial charge in [0, 0.05) is 6.54 Å². The van der Waals surface area contributed by atoms with E-state index in [1.807, 2.05) is 6.07 Å². The molecule has 0 aliphatic carbocycles. The molecule has 1 heterocycles. The number of hydrogen-bond acceptors (Lipinski definition) is 3. The number of amides is 1. The number of nitriles is 1. The van der Waals surface area contributed by atoms with E-state index < -0.39 is 0 Å². The SMILES string of the molecule is COC1=C(C#N)C(=O)N(CCC(C)(C)C)C1C(C)(C)C. The number of carbonyl (C=O) groups excluding carboxylic acids is 1. The van der Waals surface area contributed by atoms with Gasteiger partial charge in [-0.2, -0.15) is 5.26 Å². The molecule has 4 nitrogen and oxygen atoms in total. The van der Waals surface area contributed by atoms with Gasteiger partial charge >= 0.3 is 0 Å². The van der Waals surface area contributed by atoms with Gasteiger partial charge in [-0.3, -0.25) is 4.79 Å². The van der Waals surface area contributed by atoms with Crippen molar-refractivity contribution in [2.24, 2.45) is 10.8 Å². The molecule has 0 saturated heterocycles. The quantitative estimate of drug-likeness (QED) is 0.797. The van der Waals surface area contributed by atoms with Gasteiger partial charge in [0.15, 0.2) is 5.57 Å². The first kappa shape index (κ1) is 16.6. The van der Waals surface area contributed by atoms with Crippen LogP contribution in [0.25, 0.3) is 0 Å². The standard InChI is InChI=1S/C16H26N2O2/c1-15(2,3)8-9-18-13(16(4,5)6)12(20-7)11(10-17)14(18)19/h13H,8-9H2,1-7H3. The molecule has 0 spiro atoms. The fraction of sp³-hybridized carbons (Fsp3) is 0.750. The van der Waals surface area contributed by atoms with Crippen LogP contribution in [0.2, 0.25) is 0 Å². The smallest absolute Gasteiger partial charge is 0.268 e. The van der Waals surface area contributed by atoms with Crippen LogP contribution < -0.4 is 0 Å². The summed E-state index contributed by atoms with van der Waals surface area (Å²) in [7, 11) is 1.53. The second-order valence-electron chi connectivity index (χ2n) is 7.63. The van der Waals surface area contributed by atoms with Crippen LogP contribution in [0.3, 0.4) is 0 Å². The van der Waals surface area contributed by atoms with Crippen LogP contribution in [-0.2, 0) is 9.53 Å². The number of carbonyl (C=O) groups is 1. The highest BCUT2D eigenvalue weighted by Crippen LogP contribution is 2.38. The number of hydrogen-bond donors (Lipinski definition) is 0. The van der Waals surface area contributed by atoms with Crippen molar-refractivity contribution in [1.29, 1.82) is 5.26 Å². The van der Waals surface area contributed by atoms with Gasteiger partial charge in [0.05, 0.1) is 13.2 Å². The third kappa shape index (κ3) is 3.33. The maximum absolute atomic E-state index is 12.4. The molecule has 4 heteroatoms. The minimum Gasteiger partial charge on any atom is -0.497 e. The largest absolute Gasteiger partial charge is 0.497 e. The molecule has 1 atom stereocenters. The van der Waals surface area contributed by atoms with Gasteiger partial charge in [-0.25, -0.2) is 0 Å². The van der Waals surface area contributed by atoms with Crippen LogP contribution in [0.5, 0.6) is 0 Å². The Morgan fingerprint density at radius 1 is 1.25 bits per heavy atom. The lowest BCUT2D eigenvalue weighted by Gasteiger charge is -2.37. The van der Waals surface area contributed by atoms with E-state index in [4.69, 9.17) is 4.74 Å². The van der Waals surface area contributed by atoms with Crippen molar-refractivity contribution in [1.82, 2.24) is 4.90 Å². The number of rotatable bonds is 3. The normalized spacial score (nSPS) is 20.4.